The monoisotopic (exact) mass is 293 g/mol. The maximum Gasteiger partial charge on any atom is 0.231 e. The molecule has 1 rings (SSSR count). The van der Waals surface area contributed by atoms with Gasteiger partial charge in [0.15, 0.2) is 0 Å². The summed E-state index contributed by atoms with van der Waals surface area (Å²) in [5, 5.41) is 0.0786. The number of aromatic nitrogens is 3. The zero-order valence-electron chi connectivity index (χ0n) is 10.8. The van der Waals surface area contributed by atoms with Gasteiger partial charge in [0.1, 0.15) is 9.84 Å². The highest BCUT2D eigenvalue weighted by Crippen LogP contribution is 2.14. The van der Waals surface area contributed by atoms with E-state index in [4.69, 9.17) is 11.6 Å². The number of rotatable bonds is 5. The van der Waals surface area contributed by atoms with Crippen LogP contribution in [-0.2, 0) is 9.84 Å². The highest BCUT2D eigenvalue weighted by atomic mass is 35.5. The minimum Gasteiger partial charge on any atom is -0.347 e. The first kappa shape index (κ1) is 14.9. The number of hydrogen-bond acceptors (Lipinski definition) is 7. The molecular weight excluding hydrogens is 278 g/mol. The van der Waals surface area contributed by atoms with Crippen LogP contribution in [0.1, 0.15) is 0 Å². The first-order valence-electron chi connectivity index (χ1n) is 5.17. The number of hydrogen-bond donors (Lipinski definition) is 0. The molecule has 1 aromatic heterocycles. The predicted octanol–water partition coefficient (Wildman–Crippen LogP) is 0.0718. The van der Waals surface area contributed by atoms with Crippen LogP contribution in [0.3, 0.4) is 0 Å². The maximum atomic E-state index is 11.1. The fourth-order valence-corrected chi connectivity index (χ4v) is 1.86. The highest BCUT2D eigenvalue weighted by Gasteiger charge is 2.12. The molecule has 102 valence electrons. The van der Waals surface area contributed by atoms with Gasteiger partial charge in [0.25, 0.3) is 0 Å². The Morgan fingerprint density at radius 1 is 1.11 bits per heavy atom. The Morgan fingerprint density at radius 3 is 2.17 bits per heavy atom. The summed E-state index contributed by atoms with van der Waals surface area (Å²) in [4.78, 5) is 15.4. The summed E-state index contributed by atoms with van der Waals surface area (Å²) >= 11 is 5.79. The van der Waals surface area contributed by atoms with Crippen LogP contribution in [0.5, 0.6) is 0 Å². The van der Waals surface area contributed by atoms with Crippen molar-refractivity contribution in [2.45, 2.75) is 0 Å². The topological polar surface area (TPSA) is 79.3 Å². The molecule has 0 aliphatic carbocycles. The van der Waals surface area contributed by atoms with Gasteiger partial charge < -0.3 is 9.80 Å². The lowest BCUT2D eigenvalue weighted by Crippen LogP contribution is -2.27. The molecule has 0 aromatic carbocycles. The van der Waals surface area contributed by atoms with Gasteiger partial charge in [0.2, 0.25) is 17.2 Å². The van der Waals surface area contributed by atoms with E-state index in [0.29, 0.717) is 18.4 Å². The number of halogens is 1. The van der Waals surface area contributed by atoms with E-state index in [1.54, 1.807) is 30.9 Å². The van der Waals surface area contributed by atoms with Gasteiger partial charge in [-0.1, -0.05) is 0 Å². The van der Waals surface area contributed by atoms with Crippen molar-refractivity contribution in [1.29, 1.82) is 0 Å². The molecule has 18 heavy (non-hydrogen) atoms. The fourth-order valence-electron chi connectivity index (χ4n) is 1.10. The van der Waals surface area contributed by atoms with Crippen molar-refractivity contribution in [2.75, 3.05) is 49.5 Å². The van der Waals surface area contributed by atoms with Crippen molar-refractivity contribution in [2.24, 2.45) is 0 Å². The Morgan fingerprint density at radius 2 is 1.67 bits per heavy atom. The van der Waals surface area contributed by atoms with Gasteiger partial charge in [-0.15, -0.1) is 0 Å². The Bertz CT molecular complexity index is 520. The van der Waals surface area contributed by atoms with E-state index in [0.717, 1.165) is 0 Å². The largest absolute Gasteiger partial charge is 0.347 e. The van der Waals surface area contributed by atoms with Crippen LogP contribution in [0, 0.1) is 0 Å². The van der Waals surface area contributed by atoms with Gasteiger partial charge in [0.05, 0.1) is 5.75 Å². The van der Waals surface area contributed by atoms with Crippen LogP contribution >= 0.6 is 11.6 Å². The van der Waals surface area contributed by atoms with Crippen molar-refractivity contribution >= 4 is 33.3 Å². The molecule has 0 unspecified atom stereocenters. The van der Waals surface area contributed by atoms with E-state index in [1.807, 2.05) is 0 Å². The fraction of sp³-hybridized carbons (Fsp3) is 0.667. The molecular formula is C9H16ClN5O2S. The number of sulfone groups is 1. The lowest BCUT2D eigenvalue weighted by atomic mass is 10.6. The molecule has 0 saturated heterocycles. The summed E-state index contributed by atoms with van der Waals surface area (Å²) in [7, 11) is 2.25. The van der Waals surface area contributed by atoms with Crippen LogP contribution < -0.4 is 9.80 Å². The second kappa shape index (κ2) is 5.66. The molecule has 1 aromatic rings. The molecule has 1 heterocycles. The first-order chi connectivity index (χ1) is 8.19. The summed E-state index contributed by atoms with van der Waals surface area (Å²) in [5.41, 5.74) is 0. The predicted molar refractivity (Wildman–Crippen MR) is 72.1 cm³/mol. The summed E-state index contributed by atoms with van der Waals surface area (Å²) in [6.45, 7) is 0.298. The van der Waals surface area contributed by atoms with E-state index in [1.165, 1.54) is 6.26 Å². The summed E-state index contributed by atoms with van der Waals surface area (Å²) in [6, 6.07) is 0. The van der Waals surface area contributed by atoms with Gasteiger partial charge in [-0.25, -0.2) is 8.42 Å². The van der Waals surface area contributed by atoms with Crippen LogP contribution in [0.2, 0.25) is 5.28 Å². The van der Waals surface area contributed by atoms with Crippen molar-refractivity contribution in [3.8, 4) is 0 Å². The lowest BCUT2D eigenvalue weighted by molar-refractivity contribution is 0.600. The molecule has 7 nitrogen and oxygen atoms in total. The zero-order valence-corrected chi connectivity index (χ0v) is 12.3. The third-order valence-electron chi connectivity index (χ3n) is 2.12. The second-order valence-electron chi connectivity index (χ2n) is 4.15. The van der Waals surface area contributed by atoms with E-state index in [-0.39, 0.29) is 11.0 Å². The van der Waals surface area contributed by atoms with Crippen LogP contribution in [0.4, 0.5) is 11.9 Å². The van der Waals surface area contributed by atoms with Crippen molar-refractivity contribution in [1.82, 2.24) is 15.0 Å². The SMILES string of the molecule is CN(C)c1nc(Cl)nc(N(C)CCS(C)(=O)=O)n1. The molecule has 0 saturated carbocycles. The van der Waals surface area contributed by atoms with Gasteiger partial charge >= 0.3 is 0 Å². The van der Waals surface area contributed by atoms with Crippen molar-refractivity contribution in [3.05, 3.63) is 5.28 Å². The molecule has 0 radical (unpaired) electrons. The average Bonchev–Trinajstić information content (AvgIpc) is 2.23. The first-order valence-corrected chi connectivity index (χ1v) is 7.60. The Balaban J connectivity index is 2.88. The van der Waals surface area contributed by atoms with Gasteiger partial charge in [-0.2, -0.15) is 15.0 Å². The molecule has 0 amide bonds. The van der Waals surface area contributed by atoms with E-state index in [9.17, 15) is 8.42 Å². The van der Waals surface area contributed by atoms with E-state index >= 15 is 0 Å². The van der Waals surface area contributed by atoms with Crippen LogP contribution in [0.15, 0.2) is 0 Å². The Kier molecular flexibility index (Phi) is 4.69. The van der Waals surface area contributed by atoms with Crippen molar-refractivity contribution < 1.29 is 8.42 Å². The summed E-state index contributed by atoms with van der Waals surface area (Å²) < 4.78 is 22.2. The minimum atomic E-state index is -3.02. The maximum absolute atomic E-state index is 11.1. The van der Waals surface area contributed by atoms with Crippen LogP contribution in [-0.4, -0.2) is 63.1 Å². The lowest BCUT2D eigenvalue weighted by Gasteiger charge is -2.18. The van der Waals surface area contributed by atoms with Crippen molar-refractivity contribution in [3.63, 3.8) is 0 Å². The molecule has 9 heteroatoms. The highest BCUT2D eigenvalue weighted by molar-refractivity contribution is 7.90. The molecule has 0 fully saturated rings. The standard InChI is InChI=1S/C9H16ClN5O2S/c1-14(2)8-11-7(10)12-9(13-8)15(3)5-6-18(4,16)17/h5-6H2,1-4H3. The molecule has 0 aliphatic rings. The molecule has 0 N–H and O–H groups in total. The third kappa shape index (κ3) is 4.61. The number of anilines is 2. The minimum absolute atomic E-state index is 0.0318. The zero-order chi connectivity index (χ0) is 13.9. The van der Waals surface area contributed by atoms with E-state index < -0.39 is 9.84 Å². The number of nitrogens with zero attached hydrogens (tertiary/aromatic N) is 5. The quantitative estimate of drug-likeness (QED) is 0.760. The molecule has 0 atom stereocenters. The second-order valence-corrected chi connectivity index (χ2v) is 6.75. The molecule has 0 bridgehead atoms. The smallest absolute Gasteiger partial charge is 0.231 e. The van der Waals surface area contributed by atoms with Gasteiger partial charge in [-0.05, 0) is 11.6 Å². The van der Waals surface area contributed by atoms with Gasteiger partial charge in [0, 0.05) is 33.9 Å². The summed E-state index contributed by atoms with van der Waals surface area (Å²) in [6.07, 6.45) is 1.19. The normalized spacial score (nSPS) is 11.4. The Labute approximate surface area is 112 Å². The molecule has 0 aliphatic heterocycles. The Hall–Kier alpha value is -1.15. The van der Waals surface area contributed by atoms with Crippen LogP contribution in [0.25, 0.3) is 0 Å². The summed E-state index contributed by atoms with van der Waals surface area (Å²) in [5.74, 6) is 0.808. The average molecular weight is 294 g/mol. The third-order valence-corrected chi connectivity index (χ3v) is 3.22. The van der Waals surface area contributed by atoms with E-state index in [2.05, 4.69) is 15.0 Å². The van der Waals surface area contributed by atoms with Gasteiger partial charge in [-0.3, -0.25) is 0 Å². The molecule has 0 spiro atoms.